The number of hydrogen-bond acceptors (Lipinski definition) is 5. The predicted molar refractivity (Wildman–Crippen MR) is 91.8 cm³/mol. The number of pyridine rings is 2. The summed E-state index contributed by atoms with van der Waals surface area (Å²) in [5, 5.41) is 5.04. The molecule has 0 aliphatic heterocycles. The molecule has 6 nitrogen and oxygen atoms in total. The molecule has 124 valence electrons. The molecule has 0 saturated heterocycles. The van der Waals surface area contributed by atoms with Crippen LogP contribution in [0, 0.1) is 5.82 Å². The lowest BCUT2D eigenvalue weighted by molar-refractivity contribution is 0.301. The highest BCUT2D eigenvalue weighted by Gasteiger charge is 2.11. The summed E-state index contributed by atoms with van der Waals surface area (Å²) >= 11 is 0. The minimum Gasteiger partial charge on any atom is -0.483 e. The first kappa shape index (κ1) is 15.1. The van der Waals surface area contributed by atoms with E-state index in [0.717, 1.165) is 17.1 Å². The van der Waals surface area contributed by atoms with Crippen LogP contribution in [0.3, 0.4) is 0 Å². The van der Waals surface area contributed by atoms with Crippen molar-refractivity contribution >= 4 is 16.7 Å². The first-order valence-electron chi connectivity index (χ1n) is 7.63. The lowest BCUT2D eigenvalue weighted by Gasteiger charge is -2.12. The Kier molecular flexibility index (Phi) is 3.74. The summed E-state index contributed by atoms with van der Waals surface area (Å²) < 4.78 is 20.9. The summed E-state index contributed by atoms with van der Waals surface area (Å²) in [4.78, 5) is 8.45. The van der Waals surface area contributed by atoms with Crippen LogP contribution >= 0.6 is 0 Å². The van der Waals surface area contributed by atoms with Crippen LogP contribution in [0.1, 0.15) is 5.69 Å². The zero-order valence-electron chi connectivity index (χ0n) is 13.1. The zero-order chi connectivity index (χ0) is 17.2. The van der Waals surface area contributed by atoms with E-state index in [4.69, 9.17) is 10.5 Å². The molecule has 0 bridgehead atoms. The normalized spacial score (nSPS) is 10.9. The van der Waals surface area contributed by atoms with E-state index in [1.165, 1.54) is 10.7 Å². The number of anilines is 1. The molecule has 4 aromatic rings. The fourth-order valence-electron chi connectivity index (χ4n) is 2.55. The summed E-state index contributed by atoms with van der Waals surface area (Å²) in [6.07, 6.45) is 4.47. The second-order valence-corrected chi connectivity index (χ2v) is 5.42. The maximum absolute atomic E-state index is 13.6. The number of aromatic nitrogens is 4. The van der Waals surface area contributed by atoms with Crippen molar-refractivity contribution in [3.8, 4) is 11.4 Å². The first-order valence-corrected chi connectivity index (χ1v) is 7.63. The zero-order valence-corrected chi connectivity index (χ0v) is 13.1. The number of nitrogen functional groups attached to an aromatic ring is 1. The molecule has 3 aromatic heterocycles. The molecule has 0 aliphatic rings. The van der Waals surface area contributed by atoms with E-state index in [-0.39, 0.29) is 6.61 Å². The highest BCUT2D eigenvalue weighted by molar-refractivity contribution is 5.82. The molecular formula is C18H14FN5O. The van der Waals surface area contributed by atoms with E-state index >= 15 is 0 Å². The first-order chi connectivity index (χ1) is 12.2. The van der Waals surface area contributed by atoms with Gasteiger partial charge < -0.3 is 10.5 Å². The van der Waals surface area contributed by atoms with Crippen molar-refractivity contribution in [1.82, 2.24) is 19.7 Å². The average Bonchev–Trinajstić information content (AvgIpc) is 3.15. The van der Waals surface area contributed by atoms with Gasteiger partial charge in [0.25, 0.3) is 0 Å². The standard InChI is InChI=1S/C18H14FN5O/c19-13-9-16(24-7-3-6-22-24)15(21-10-13)11-25-17-8-12-4-1-2-5-14(12)23-18(17)20/h1-10H,11H2,(H2,20,23). The monoisotopic (exact) mass is 335 g/mol. The minimum absolute atomic E-state index is 0.111. The van der Waals surface area contributed by atoms with Crippen molar-refractivity contribution in [2.45, 2.75) is 6.61 Å². The van der Waals surface area contributed by atoms with Gasteiger partial charge in [0, 0.05) is 23.8 Å². The van der Waals surface area contributed by atoms with E-state index in [2.05, 4.69) is 15.1 Å². The Morgan fingerprint density at radius 3 is 2.88 bits per heavy atom. The Morgan fingerprint density at radius 2 is 2.04 bits per heavy atom. The Hall–Kier alpha value is -3.48. The van der Waals surface area contributed by atoms with Crippen molar-refractivity contribution < 1.29 is 9.13 Å². The number of nitrogens with zero attached hydrogens (tertiary/aromatic N) is 4. The van der Waals surface area contributed by atoms with Gasteiger partial charge in [0.2, 0.25) is 0 Å². The van der Waals surface area contributed by atoms with Gasteiger partial charge >= 0.3 is 0 Å². The molecule has 2 N–H and O–H groups in total. The van der Waals surface area contributed by atoms with Gasteiger partial charge in [-0.05, 0) is 18.2 Å². The lowest BCUT2D eigenvalue weighted by Crippen LogP contribution is -2.08. The van der Waals surface area contributed by atoms with Crippen LogP contribution < -0.4 is 10.5 Å². The van der Waals surface area contributed by atoms with E-state index in [1.807, 2.05) is 30.3 Å². The third-order valence-corrected chi connectivity index (χ3v) is 3.75. The Bertz CT molecular complexity index is 1030. The van der Waals surface area contributed by atoms with Crippen LogP contribution in [-0.4, -0.2) is 19.7 Å². The van der Waals surface area contributed by atoms with E-state index in [9.17, 15) is 4.39 Å². The number of nitrogens with two attached hydrogens (primary N) is 1. The molecule has 0 unspecified atom stereocenters. The van der Waals surface area contributed by atoms with E-state index in [1.54, 1.807) is 18.5 Å². The molecule has 4 rings (SSSR count). The van der Waals surface area contributed by atoms with Crippen molar-refractivity contribution in [3.05, 3.63) is 72.6 Å². The Labute approximate surface area is 142 Å². The third kappa shape index (κ3) is 2.99. The molecule has 7 heteroatoms. The summed E-state index contributed by atoms with van der Waals surface area (Å²) in [5.74, 6) is 0.304. The highest BCUT2D eigenvalue weighted by Crippen LogP contribution is 2.26. The van der Waals surface area contributed by atoms with Crippen LogP contribution in [0.4, 0.5) is 10.2 Å². The predicted octanol–water partition coefficient (Wildman–Crippen LogP) is 3.12. The lowest BCUT2D eigenvalue weighted by atomic mass is 10.2. The molecule has 0 amide bonds. The van der Waals surface area contributed by atoms with Crippen LogP contribution in [0.25, 0.3) is 16.6 Å². The van der Waals surface area contributed by atoms with Gasteiger partial charge in [0.15, 0.2) is 11.6 Å². The van der Waals surface area contributed by atoms with Crippen LogP contribution in [0.15, 0.2) is 61.1 Å². The van der Waals surface area contributed by atoms with Gasteiger partial charge in [-0.1, -0.05) is 18.2 Å². The largest absolute Gasteiger partial charge is 0.483 e. The summed E-state index contributed by atoms with van der Waals surface area (Å²) in [6, 6.07) is 12.6. The van der Waals surface area contributed by atoms with Crippen molar-refractivity contribution in [2.24, 2.45) is 0 Å². The molecular weight excluding hydrogens is 321 g/mol. The summed E-state index contributed by atoms with van der Waals surface area (Å²) in [6.45, 7) is 0.111. The second-order valence-electron chi connectivity index (χ2n) is 5.42. The smallest absolute Gasteiger partial charge is 0.166 e. The molecule has 0 radical (unpaired) electrons. The van der Waals surface area contributed by atoms with Crippen molar-refractivity contribution in [1.29, 1.82) is 0 Å². The molecule has 1 aromatic carbocycles. The van der Waals surface area contributed by atoms with Gasteiger partial charge in [-0.3, -0.25) is 4.98 Å². The Balaban J connectivity index is 1.65. The molecule has 0 aliphatic carbocycles. The topological polar surface area (TPSA) is 78.9 Å². The quantitative estimate of drug-likeness (QED) is 0.620. The van der Waals surface area contributed by atoms with E-state index in [0.29, 0.717) is 22.9 Å². The maximum Gasteiger partial charge on any atom is 0.166 e. The van der Waals surface area contributed by atoms with Gasteiger partial charge in [0.05, 0.1) is 17.4 Å². The number of rotatable bonds is 4. The Morgan fingerprint density at radius 1 is 1.16 bits per heavy atom. The van der Waals surface area contributed by atoms with Crippen LogP contribution in [0.2, 0.25) is 0 Å². The SMILES string of the molecule is Nc1nc2ccccc2cc1OCc1ncc(F)cc1-n1cccn1. The molecule has 0 saturated carbocycles. The molecule has 0 spiro atoms. The average molecular weight is 335 g/mol. The molecule has 25 heavy (non-hydrogen) atoms. The van der Waals surface area contributed by atoms with Crippen LogP contribution in [0.5, 0.6) is 5.75 Å². The summed E-state index contributed by atoms with van der Waals surface area (Å²) in [5.41, 5.74) is 7.82. The fraction of sp³-hybridized carbons (Fsp3) is 0.0556. The molecule has 3 heterocycles. The maximum atomic E-state index is 13.6. The second kappa shape index (κ2) is 6.20. The summed E-state index contributed by atoms with van der Waals surface area (Å²) in [7, 11) is 0. The van der Waals surface area contributed by atoms with Gasteiger partial charge in [-0.2, -0.15) is 5.10 Å². The highest BCUT2D eigenvalue weighted by atomic mass is 19.1. The molecule has 0 fully saturated rings. The number of para-hydroxylation sites is 1. The van der Waals surface area contributed by atoms with E-state index < -0.39 is 5.82 Å². The third-order valence-electron chi connectivity index (χ3n) is 3.75. The fourth-order valence-corrected chi connectivity index (χ4v) is 2.55. The number of hydrogen-bond donors (Lipinski definition) is 1. The van der Waals surface area contributed by atoms with Gasteiger partial charge in [0.1, 0.15) is 18.1 Å². The number of fused-ring (bicyclic) bond motifs is 1. The number of halogens is 1. The van der Waals surface area contributed by atoms with Gasteiger partial charge in [-0.15, -0.1) is 0 Å². The van der Waals surface area contributed by atoms with Crippen molar-refractivity contribution in [2.75, 3.05) is 5.73 Å². The van der Waals surface area contributed by atoms with Gasteiger partial charge in [-0.25, -0.2) is 14.1 Å². The minimum atomic E-state index is -0.443. The van der Waals surface area contributed by atoms with Crippen LogP contribution in [-0.2, 0) is 6.61 Å². The number of ether oxygens (including phenoxy) is 1. The number of benzene rings is 1. The van der Waals surface area contributed by atoms with Crippen molar-refractivity contribution in [3.63, 3.8) is 0 Å². The molecule has 0 atom stereocenters.